The average molecular weight is 214 g/mol. The number of aromatic nitrogens is 2. The Morgan fingerprint density at radius 1 is 1.19 bits per heavy atom. The molecule has 0 fully saturated rings. The van der Waals surface area contributed by atoms with E-state index in [9.17, 15) is 0 Å². The van der Waals surface area contributed by atoms with Crippen LogP contribution in [-0.4, -0.2) is 17.2 Å². The van der Waals surface area contributed by atoms with Gasteiger partial charge in [-0.2, -0.15) is 5.10 Å². The van der Waals surface area contributed by atoms with Crippen LogP contribution in [0.1, 0.15) is 16.8 Å². The first kappa shape index (κ1) is 10.7. The molecule has 1 N–H and O–H groups in total. The molecule has 0 atom stereocenters. The molecular weight excluding hydrogens is 198 g/mol. The summed E-state index contributed by atoms with van der Waals surface area (Å²) in [5.74, 6) is 0.973. The van der Waals surface area contributed by atoms with Gasteiger partial charge in [-0.15, -0.1) is 0 Å². The SMILES string of the molecule is Cc1[nH]nc(N(C)[CH]c2ccccc2)c1C. The van der Waals surface area contributed by atoms with E-state index in [2.05, 4.69) is 35.8 Å². The molecule has 1 radical (unpaired) electrons. The number of benzene rings is 1. The van der Waals surface area contributed by atoms with E-state index in [1.165, 1.54) is 11.1 Å². The highest BCUT2D eigenvalue weighted by Crippen LogP contribution is 2.20. The number of aryl methyl sites for hydroxylation is 1. The van der Waals surface area contributed by atoms with E-state index in [4.69, 9.17) is 0 Å². The summed E-state index contributed by atoms with van der Waals surface area (Å²) in [5, 5.41) is 7.27. The van der Waals surface area contributed by atoms with E-state index in [0.717, 1.165) is 11.5 Å². The second kappa shape index (κ2) is 4.39. The quantitative estimate of drug-likeness (QED) is 0.851. The molecule has 3 heteroatoms. The van der Waals surface area contributed by atoms with Crippen molar-refractivity contribution < 1.29 is 0 Å². The lowest BCUT2D eigenvalue weighted by atomic mass is 10.2. The number of rotatable bonds is 3. The summed E-state index contributed by atoms with van der Waals surface area (Å²) < 4.78 is 0. The molecule has 16 heavy (non-hydrogen) atoms. The predicted octanol–water partition coefficient (Wildman–Crippen LogP) is 2.67. The van der Waals surface area contributed by atoms with Crippen LogP contribution < -0.4 is 4.90 Å². The van der Waals surface area contributed by atoms with Gasteiger partial charge in [0, 0.05) is 18.3 Å². The molecule has 3 nitrogen and oxygen atoms in total. The Morgan fingerprint density at radius 2 is 1.88 bits per heavy atom. The van der Waals surface area contributed by atoms with Gasteiger partial charge < -0.3 is 4.90 Å². The molecule has 2 rings (SSSR count). The van der Waals surface area contributed by atoms with Crippen LogP contribution in [0.2, 0.25) is 0 Å². The third-order valence-electron chi connectivity index (χ3n) is 2.70. The molecule has 0 aliphatic carbocycles. The van der Waals surface area contributed by atoms with Crippen LogP contribution in [0.5, 0.6) is 0 Å². The fourth-order valence-corrected chi connectivity index (χ4v) is 1.64. The average Bonchev–Trinajstić information content (AvgIpc) is 2.61. The Morgan fingerprint density at radius 3 is 2.44 bits per heavy atom. The third kappa shape index (κ3) is 2.08. The molecule has 0 aliphatic rings. The second-order valence-electron chi connectivity index (χ2n) is 3.95. The fourth-order valence-electron chi connectivity index (χ4n) is 1.64. The molecule has 83 valence electrons. The number of anilines is 1. The van der Waals surface area contributed by atoms with Gasteiger partial charge in [-0.3, -0.25) is 5.10 Å². The maximum atomic E-state index is 4.28. The largest absolute Gasteiger partial charge is 0.348 e. The van der Waals surface area contributed by atoms with Crippen molar-refractivity contribution in [3.63, 3.8) is 0 Å². The van der Waals surface area contributed by atoms with Gasteiger partial charge in [0.05, 0.1) is 6.54 Å². The van der Waals surface area contributed by atoms with E-state index >= 15 is 0 Å². The lowest BCUT2D eigenvalue weighted by Crippen LogP contribution is -2.15. The Bertz CT molecular complexity index is 459. The molecule has 1 aromatic heterocycles. The molecular formula is C13H16N3. The van der Waals surface area contributed by atoms with Crippen LogP contribution in [0.3, 0.4) is 0 Å². The van der Waals surface area contributed by atoms with Gasteiger partial charge >= 0.3 is 0 Å². The van der Waals surface area contributed by atoms with Gasteiger partial charge in [-0.1, -0.05) is 30.3 Å². The Labute approximate surface area is 96.1 Å². The first-order chi connectivity index (χ1) is 7.68. The molecule has 0 amide bonds. The highest BCUT2D eigenvalue weighted by atomic mass is 15.3. The van der Waals surface area contributed by atoms with Gasteiger partial charge in [0.2, 0.25) is 0 Å². The van der Waals surface area contributed by atoms with Gasteiger partial charge in [-0.25, -0.2) is 0 Å². The summed E-state index contributed by atoms with van der Waals surface area (Å²) in [5.41, 5.74) is 3.48. The first-order valence-corrected chi connectivity index (χ1v) is 5.33. The highest BCUT2D eigenvalue weighted by molar-refractivity contribution is 5.51. The fraction of sp³-hybridized carbons (Fsp3) is 0.231. The van der Waals surface area contributed by atoms with E-state index in [0.29, 0.717) is 0 Å². The molecule has 0 saturated heterocycles. The van der Waals surface area contributed by atoms with Gasteiger partial charge in [0.1, 0.15) is 0 Å². The lowest BCUT2D eigenvalue weighted by molar-refractivity contribution is 0.993. The van der Waals surface area contributed by atoms with Crippen LogP contribution in [-0.2, 0) is 0 Å². The smallest absolute Gasteiger partial charge is 0.153 e. The normalized spacial score (nSPS) is 10.4. The number of nitrogens with zero attached hydrogens (tertiary/aromatic N) is 2. The van der Waals surface area contributed by atoms with Crippen LogP contribution >= 0.6 is 0 Å². The molecule has 1 heterocycles. The van der Waals surface area contributed by atoms with Gasteiger partial charge in [-0.05, 0) is 19.4 Å². The molecule has 0 saturated carbocycles. The maximum Gasteiger partial charge on any atom is 0.153 e. The monoisotopic (exact) mass is 214 g/mol. The second-order valence-corrected chi connectivity index (χ2v) is 3.95. The molecule has 0 unspecified atom stereocenters. The van der Waals surface area contributed by atoms with E-state index in [-0.39, 0.29) is 0 Å². The number of nitrogens with one attached hydrogen (secondary N) is 1. The maximum absolute atomic E-state index is 4.28. The minimum absolute atomic E-state index is 0.973. The van der Waals surface area contributed by atoms with Gasteiger partial charge in [0.25, 0.3) is 0 Å². The minimum atomic E-state index is 0.973. The van der Waals surface area contributed by atoms with Crippen LogP contribution in [0.15, 0.2) is 30.3 Å². The summed E-state index contributed by atoms with van der Waals surface area (Å²) >= 11 is 0. The number of hydrogen-bond acceptors (Lipinski definition) is 2. The Hall–Kier alpha value is -1.77. The van der Waals surface area contributed by atoms with Crippen molar-refractivity contribution in [3.8, 4) is 0 Å². The first-order valence-electron chi connectivity index (χ1n) is 5.33. The molecule has 1 aromatic carbocycles. The van der Waals surface area contributed by atoms with Crippen molar-refractivity contribution in [3.05, 3.63) is 53.7 Å². The van der Waals surface area contributed by atoms with E-state index < -0.39 is 0 Å². The molecule has 0 bridgehead atoms. The van der Waals surface area contributed by atoms with Crippen LogP contribution in [0, 0.1) is 20.4 Å². The third-order valence-corrected chi connectivity index (χ3v) is 2.70. The van der Waals surface area contributed by atoms with Crippen molar-refractivity contribution in [1.29, 1.82) is 0 Å². The van der Waals surface area contributed by atoms with Crippen molar-refractivity contribution in [2.75, 3.05) is 11.9 Å². The van der Waals surface area contributed by atoms with Gasteiger partial charge in [0.15, 0.2) is 5.82 Å². The predicted molar refractivity (Wildman–Crippen MR) is 66.3 cm³/mol. The lowest BCUT2D eigenvalue weighted by Gasteiger charge is -2.16. The highest BCUT2D eigenvalue weighted by Gasteiger charge is 2.10. The summed E-state index contributed by atoms with van der Waals surface area (Å²) in [6.07, 6.45) is 0. The summed E-state index contributed by atoms with van der Waals surface area (Å²) in [4.78, 5) is 2.04. The van der Waals surface area contributed by atoms with Crippen LogP contribution in [0.4, 0.5) is 5.82 Å². The summed E-state index contributed by atoms with van der Waals surface area (Å²) in [6, 6.07) is 10.2. The van der Waals surface area contributed by atoms with E-state index in [1.807, 2.05) is 37.1 Å². The van der Waals surface area contributed by atoms with Crippen LogP contribution in [0.25, 0.3) is 0 Å². The number of H-pyrrole nitrogens is 1. The zero-order valence-electron chi connectivity index (χ0n) is 9.86. The summed E-state index contributed by atoms with van der Waals surface area (Å²) in [6.45, 7) is 6.17. The molecule has 2 aromatic rings. The standard InChI is InChI=1S/C13H16N3/c1-10-11(2)14-15-13(10)16(3)9-12-7-5-4-6-8-12/h4-9H,1-3H3,(H,14,15). The number of aromatic amines is 1. The topological polar surface area (TPSA) is 31.9 Å². The van der Waals surface area contributed by atoms with Crippen molar-refractivity contribution in [2.45, 2.75) is 13.8 Å². The number of hydrogen-bond donors (Lipinski definition) is 1. The zero-order valence-corrected chi connectivity index (χ0v) is 9.86. The zero-order chi connectivity index (χ0) is 11.5. The van der Waals surface area contributed by atoms with Crippen molar-refractivity contribution in [2.24, 2.45) is 0 Å². The van der Waals surface area contributed by atoms with Crippen molar-refractivity contribution in [1.82, 2.24) is 10.2 Å². The molecule has 0 spiro atoms. The van der Waals surface area contributed by atoms with Crippen molar-refractivity contribution >= 4 is 5.82 Å². The summed E-state index contributed by atoms with van der Waals surface area (Å²) in [7, 11) is 2.01. The molecule has 0 aliphatic heterocycles. The van der Waals surface area contributed by atoms with E-state index in [1.54, 1.807) is 0 Å². The Kier molecular flexibility index (Phi) is 2.95. The minimum Gasteiger partial charge on any atom is -0.348 e. The Balaban J connectivity index is 2.15.